The Morgan fingerprint density at radius 3 is 2.69 bits per heavy atom. The average Bonchev–Trinajstić information content (AvgIpc) is 2.26. The number of carboxylic acid groups (broad SMARTS) is 1. The van der Waals surface area contributed by atoms with Crippen molar-refractivity contribution < 1.29 is 19.1 Å². The molecule has 86 valence electrons. The van der Waals surface area contributed by atoms with Crippen LogP contribution in [0.3, 0.4) is 0 Å². The van der Waals surface area contributed by atoms with E-state index in [1.807, 2.05) is 0 Å². The molecule has 0 unspecified atom stereocenters. The Hall–Kier alpha value is -1.98. The Kier molecular flexibility index (Phi) is 3.93. The molecule has 0 aliphatic carbocycles. The van der Waals surface area contributed by atoms with Gasteiger partial charge in [0.05, 0.1) is 6.20 Å². The van der Waals surface area contributed by atoms with Gasteiger partial charge in [0.15, 0.2) is 0 Å². The highest BCUT2D eigenvalue weighted by atomic mass is 19.1. The maximum Gasteiger partial charge on any atom is 0.326 e. The summed E-state index contributed by atoms with van der Waals surface area (Å²) in [5, 5.41) is 11.0. The Balaban J connectivity index is 2.71. The smallest absolute Gasteiger partial charge is 0.326 e. The highest BCUT2D eigenvalue weighted by Crippen LogP contribution is 2.00. The van der Waals surface area contributed by atoms with E-state index < -0.39 is 23.7 Å². The monoisotopic (exact) mass is 226 g/mol. The van der Waals surface area contributed by atoms with Crippen molar-refractivity contribution in [2.75, 3.05) is 0 Å². The van der Waals surface area contributed by atoms with Crippen LogP contribution in [0.2, 0.25) is 0 Å². The van der Waals surface area contributed by atoms with Gasteiger partial charge in [-0.2, -0.15) is 0 Å². The minimum absolute atomic E-state index is 0.0129. The normalized spacial score (nSPS) is 11.9. The Bertz CT molecular complexity index is 392. The summed E-state index contributed by atoms with van der Waals surface area (Å²) in [7, 11) is 0. The van der Waals surface area contributed by atoms with Gasteiger partial charge < -0.3 is 10.4 Å². The second-order valence-electron chi connectivity index (χ2n) is 3.13. The minimum atomic E-state index is -1.11. The molecule has 0 radical (unpaired) electrons. The molecule has 1 rings (SSSR count). The van der Waals surface area contributed by atoms with Gasteiger partial charge in [-0.25, -0.2) is 14.2 Å². The van der Waals surface area contributed by atoms with E-state index in [1.165, 1.54) is 6.07 Å². The van der Waals surface area contributed by atoms with E-state index in [9.17, 15) is 14.0 Å². The molecule has 2 N–H and O–H groups in total. The fourth-order valence-electron chi connectivity index (χ4n) is 1.08. The molecule has 1 aromatic heterocycles. The van der Waals surface area contributed by atoms with Crippen LogP contribution in [0, 0.1) is 5.82 Å². The van der Waals surface area contributed by atoms with E-state index in [0.717, 1.165) is 12.3 Å². The van der Waals surface area contributed by atoms with Gasteiger partial charge in [0.1, 0.15) is 17.6 Å². The van der Waals surface area contributed by atoms with Crippen LogP contribution in [0.15, 0.2) is 18.3 Å². The standard InChI is InChI=1S/C10H11FN2O3/c1-2-7(10(15)16)13-9(14)8-4-3-6(11)5-12-8/h3-5,7H,2H2,1H3,(H,13,14)(H,15,16)/t7-/m0/s1. The molecule has 5 nitrogen and oxygen atoms in total. The first-order chi connectivity index (χ1) is 7.54. The summed E-state index contributed by atoms with van der Waals surface area (Å²) in [6, 6.07) is 1.32. The summed E-state index contributed by atoms with van der Waals surface area (Å²) in [5.41, 5.74) is -0.0129. The topological polar surface area (TPSA) is 79.3 Å². The van der Waals surface area contributed by atoms with Gasteiger partial charge in [0.25, 0.3) is 5.91 Å². The molecular weight excluding hydrogens is 215 g/mol. The summed E-state index contributed by atoms with van der Waals surface area (Å²) in [4.78, 5) is 25.7. The van der Waals surface area contributed by atoms with Crippen molar-refractivity contribution in [2.24, 2.45) is 0 Å². The van der Waals surface area contributed by atoms with Crippen molar-refractivity contribution in [1.29, 1.82) is 0 Å². The van der Waals surface area contributed by atoms with E-state index in [0.29, 0.717) is 0 Å². The molecule has 1 aromatic rings. The number of halogens is 1. The van der Waals surface area contributed by atoms with Gasteiger partial charge in [-0.3, -0.25) is 4.79 Å². The van der Waals surface area contributed by atoms with Crippen molar-refractivity contribution in [1.82, 2.24) is 10.3 Å². The summed E-state index contributed by atoms with van der Waals surface area (Å²) < 4.78 is 12.5. The summed E-state index contributed by atoms with van der Waals surface area (Å²) >= 11 is 0. The second-order valence-corrected chi connectivity index (χ2v) is 3.13. The average molecular weight is 226 g/mol. The number of hydrogen-bond donors (Lipinski definition) is 2. The quantitative estimate of drug-likeness (QED) is 0.796. The van der Waals surface area contributed by atoms with Crippen molar-refractivity contribution in [3.63, 3.8) is 0 Å². The van der Waals surface area contributed by atoms with E-state index >= 15 is 0 Å². The highest BCUT2D eigenvalue weighted by Gasteiger charge is 2.18. The Morgan fingerprint density at radius 1 is 1.56 bits per heavy atom. The number of carboxylic acids is 1. The van der Waals surface area contributed by atoms with Crippen molar-refractivity contribution in [2.45, 2.75) is 19.4 Å². The zero-order valence-electron chi connectivity index (χ0n) is 8.61. The molecule has 0 spiro atoms. The molecule has 0 saturated heterocycles. The predicted molar refractivity (Wildman–Crippen MR) is 53.4 cm³/mol. The number of aromatic nitrogens is 1. The minimum Gasteiger partial charge on any atom is -0.480 e. The van der Waals surface area contributed by atoms with Crippen LogP contribution in [0.1, 0.15) is 23.8 Å². The highest BCUT2D eigenvalue weighted by molar-refractivity contribution is 5.94. The summed E-state index contributed by atoms with van der Waals surface area (Å²) in [6.45, 7) is 1.64. The molecule has 1 amide bonds. The van der Waals surface area contributed by atoms with Gasteiger partial charge >= 0.3 is 5.97 Å². The predicted octanol–water partition coefficient (Wildman–Crippen LogP) is 0.814. The number of nitrogens with zero attached hydrogens (tertiary/aromatic N) is 1. The van der Waals surface area contributed by atoms with Gasteiger partial charge in [0, 0.05) is 0 Å². The van der Waals surface area contributed by atoms with Crippen LogP contribution in [-0.2, 0) is 4.79 Å². The van der Waals surface area contributed by atoms with Gasteiger partial charge in [0.2, 0.25) is 0 Å². The number of pyridine rings is 1. The van der Waals surface area contributed by atoms with E-state index in [2.05, 4.69) is 10.3 Å². The first-order valence-electron chi connectivity index (χ1n) is 4.69. The molecule has 0 fully saturated rings. The first kappa shape index (κ1) is 12.1. The fourth-order valence-corrected chi connectivity index (χ4v) is 1.08. The van der Waals surface area contributed by atoms with Crippen molar-refractivity contribution in [3.05, 3.63) is 29.8 Å². The molecule has 6 heteroatoms. The lowest BCUT2D eigenvalue weighted by atomic mass is 10.2. The maximum atomic E-state index is 12.5. The molecule has 0 aliphatic heterocycles. The van der Waals surface area contributed by atoms with Crippen LogP contribution in [0.4, 0.5) is 4.39 Å². The molecule has 16 heavy (non-hydrogen) atoms. The number of amides is 1. The van der Waals surface area contributed by atoms with Gasteiger partial charge in [-0.05, 0) is 18.6 Å². The SMILES string of the molecule is CC[C@H](NC(=O)c1ccc(F)cn1)C(=O)O. The largest absolute Gasteiger partial charge is 0.480 e. The van der Waals surface area contributed by atoms with Gasteiger partial charge in [-0.15, -0.1) is 0 Å². The molecule has 0 aliphatic rings. The van der Waals surface area contributed by atoms with Crippen LogP contribution < -0.4 is 5.32 Å². The molecular formula is C10H11FN2O3. The second kappa shape index (κ2) is 5.20. The van der Waals surface area contributed by atoms with Crippen LogP contribution in [0.25, 0.3) is 0 Å². The van der Waals surface area contributed by atoms with E-state index in [-0.39, 0.29) is 12.1 Å². The lowest BCUT2D eigenvalue weighted by molar-refractivity contribution is -0.139. The fraction of sp³-hybridized carbons (Fsp3) is 0.300. The molecule has 1 heterocycles. The van der Waals surface area contributed by atoms with Crippen LogP contribution >= 0.6 is 0 Å². The number of carbonyl (C=O) groups excluding carboxylic acids is 1. The van der Waals surface area contributed by atoms with Gasteiger partial charge in [-0.1, -0.05) is 6.92 Å². The molecule has 0 aromatic carbocycles. The third-order valence-electron chi connectivity index (χ3n) is 1.97. The number of rotatable bonds is 4. The number of nitrogens with one attached hydrogen (secondary N) is 1. The maximum absolute atomic E-state index is 12.5. The summed E-state index contributed by atoms with van der Waals surface area (Å²) in [5.74, 6) is -2.30. The van der Waals surface area contributed by atoms with Crippen molar-refractivity contribution >= 4 is 11.9 Å². The third kappa shape index (κ3) is 3.01. The lowest BCUT2D eigenvalue weighted by Crippen LogP contribution is -2.40. The van der Waals surface area contributed by atoms with Crippen LogP contribution in [-0.4, -0.2) is 28.0 Å². The van der Waals surface area contributed by atoms with E-state index in [1.54, 1.807) is 6.92 Å². The van der Waals surface area contributed by atoms with E-state index in [4.69, 9.17) is 5.11 Å². The van der Waals surface area contributed by atoms with Crippen molar-refractivity contribution in [3.8, 4) is 0 Å². The lowest BCUT2D eigenvalue weighted by Gasteiger charge is -2.11. The third-order valence-corrected chi connectivity index (χ3v) is 1.97. The van der Waals surface area contributed by atoms with Crippen LogP contribution in [0.5, 0.6) is 0 Å². The zero-order chi connectivity index (χ0) is 12.1. The molecule has 0 saturated carbocycles. The number of aliphatic carboxylic acids is 1. The number of carbonyl (C=O) groups is 2. The molecule has 1 atom stereocenters. The number of hydrogen-bond acceptors (Lipinski definition) is 3. The first-order valence-corrected chi connectivity index (χ1v) is 4.69. The Labute approximate surface area is 91.3 Å². The molecule has 0 bridgehead atoms. The summed E-state index contributed by atoms with van der Waals surface area (Å²) in [6.07, 6.45) is 1.17. The Morgan fingerprint density at radius 2 is 2.25 bits per heavy atom. The zero-order valence-corrected chi connectivity index (χ0v) is 8.61.